The van der Waals surface area contributed by atoms with Crippen molar-refractivity contribution >= 4 is 40.4 Å². The third kappa shape index (κ3) is 5.12. The van der Waals surface area contributed by atoms with Gasteiger partial charge in [-0.3, -0.25) is 14.5 Å². The van der Waals surface area contributed by atoms with E-state index in [1.54, 1.807) is 31.4 Å². The molecule has 1 N–H and O–H groups in total. The van der Waals surface area contributed by atoms with Crippen LogP contribution in [0.1, 0.15) is 31.0 Å². The van der Waals surface area contributed by atoms with Crippen LogP contribution in [0.4, 0.5) is 11.4 Å². The van der Waals surface area contributed by atoms with Gasteiger partial charge in [0, 0.05) is 30.5 Å². The average molecular weight is 551 g/mol. The van der Waals surface area contributed by atoms with Gasteiger partial charge >= 0.3 is 0 Å². The van der Waals surface area contributed by atoms with E-state index in [1.165, 1.54) is 31.3 Å². The lowest BCUT2D eigenvalue weighted by molar-refractivity contribution is -0.132. The maximum absolute atomic E-state index is 13.6. The Morgan fingerprint density at radius 3 is 2.05 bits per heavy atom. The van der Waals surface area contributed by atoms with Crippen molar-refractivity contribution in [1.29, 1.82) is 0 Å². The molecule has 1 fully saturated rings. The summed E-state index contributed by atoms with van der Waals surface area (Å²) in [5.74, 6) is -0.868. The largest absolute Gasteiger partial charge is 0.507 e. The summed E-state index contributed by atoms with van der Waals surface area (Å²) < 4.78 is 16.0. The summed E-state index contributed by atoms with van der Waals surface area (Å²) in [6.45, 7) is 5.81. The minimum atomic E-state index is -0.907. The number of methoxy groups -OCH3 is 3. The Labute approximate surface area is 233 Å². The SMILES string of the molecule is CCN(CC)c1ccc(C2/C(=C(\O)c3cc(OC)c(Cl)cc3OC)C(=O)C(=O)N2c2ccc(OC)cc2)cc1. The molecule has 1 aliphatic rings. The fourth-order valence-corrected chi connectivity index (χ4v) is 5.03. The van der Waals surface area contributed by atoms with E-state index < -0.39 is 23.5 Å². The number of amides is 1. The summed E-state index contributed by atoms with van der Waals surface area (Å²) >= 11 is 6.27. The minimum Gasteiger partial charge on any atom is -0.507 e. The molecule has 1 amide bonds. The smallest absolute Gasteiger partial charge is 0.300 e. The first-order valence-corrected chi connectivity index (χ1v) is 12.9. The van der Waals surface area contributed by atoms with Gasteiger partial charge in [-0.15, -0.1) is 0 Å². The molecule has 8 nitrogen and oxygen atoms in total. The Kier molecular flexibility index (Phi) is 8.35. The van der Waals surface area contributed by atoms with Crippen molar-refractivity contribution in [3.05, 3.63) is 82.4 Å². The fourth-order valence-electron chi connectivity index (χ4n) is 4.80. The molecule has 9 heteroatoms. The number of rotatable bonds is 9. The monoisotopic (exact) mass is 550 g/mol. The lowest BCUT2D eigenvalue weighted by Crippen LogP contribution is -2.29. The van der Waals surface area contributed by atoms with E-state index >= 15 is 0 Å². The molecule has 3 aromatic carbocycles. The minimum absolute atomic E-state index is 0.0749. The van der Waals surface area contributed by atoms with Crippen LogP contribution < -0.4 is 24.0 Å². The van der Waals surface area contributed by atoms with Crippen molar-refractivity contribution in [3.63, 3.8) is 0 Å². The zero-order chi connectivity index (χ0) is 28.3. The maximum atomic E-state index is 13.6. The molecule has 1 heterocycles. The summed E-state index contributed by atoms with van der Waals surface area (Å²) in [5, 5.41) is 11.9. The summed E-state index contributed by atoms with van der Waals surface area (Å²) in [5.41, 5.74) is 2.25. The van der Waals surface area contributed by atoms with Crippen LogP contribution in [0.2, 0.25) is 5.02 Å². The topological polar surface area (TPSA) is 88.5 Å². The molecular formula is C30H31ClN2O6. The maximum Gasteiger partial charge on any atom is 0.300 e. The lowest BCUT2D eigenvalue weighted by atomic mass is 9.94. The number of hydrogen-bond acceptors (Lipinski definition) is 7. The van der Waals surface area contributed by atoms with Crippen molar-refractivity contribution in [2.45, 2.75) is 19.9 Å². The van der Waals surface area contributed by atoms with Crippen molar-refractivity contribution < 1.29 is 28.9 Å². The van der Waals surface area contributed by atoms with Gasteiger partial charge in [-0.2, -0.15) is 0 Å². The number of carbonyl (C=O) groups excluding carboxylic acids is 2. The summed E-state index contributed by atoms with van der Waals surface area (Å²) in [6, 6.07) is 16.5. The van der Waals surface area contributed by atoms with Crippen LogP contribution in [-0.4, -0.2) is 51.2 Å². The van der Waals surface area contributed by atoms with Crippen molar-refractivity contribution in [3.8, 4) is 17.2 Å². The second-order valence-corrected chi connectivity index (χ2v) is 9.23. The van der Waals surface area contributed by atoms with E-state index in [1.807, 2.05) is 24.3 Å². The molecule has 0 radical (unpaired) electrons. The number of benzene rings is 3. The zero-order valence-corrected chi connectivity index (χ0v) is 23.3. The van der Waals surface area contributed by atoms with Gasteiger partial charge < -0.3 is 24.2 Å². The van der Waals surface area contributed by atoms with E-state index in [4.69, 9.17) is 25.8 Å². The van der Waals surface area contributed by atoms with Crippen molar-refractivity contribution in [2.75, 3.05) is 44.2 Å². The van der Waals surface area contributed by atoms with E-state index in [0.29, 0.717) is 17.0 Å². The summed E-state index contributed by atoms with van der Waals surface area (Å²) in [7, 11) is 4.41. The molecule has 39 heavy (non-hydrogen) atoms. The van der Waals surface area contributed by atoms with Gasteiger partial charge in [0.05, 0.1) is 43.5 Å². The Bertz CT molecular complexity index is 1400. The number of ether oxygens (including phenoxy) is 3. The molecule has 3 aromatic rings. The Balaban J connectivity index is 1.95. The van der Waals surface area contributed by atoms with Crippen LogP contribution in [0.15, 0.2) is 66.2 Å². The van der Waals surface area contributed by atoms with Gasteiger partial charge in [-0.1, -0.05) is 23.7 Å². The summed E-state index contributed by atoms with van der Waals surface area (Å²) in [6.07, 6.45) is 0. The predicted molar refractivity (Wildman–Crippen MR) is 152 cm³/mol. The highest BCUT2D eigenvalue weighted by atomic mass is 35.5. The highest BCUT2D eigenvalue weighted by Crippen LogP contribution is 2.45. The second-order valence-electron chi connectivity index (χ2n) is 8.82. The van der Waals surface area contributed by atoms with Crippen LogP contribution >= 0.6 is 11.6 Å². The highest BCUT2D eigenvalue weighted by Gasteiger charge is 2.47. The third-order valence-corrected chi connectivity index (χ3v) is 7.16. The number of carbonyl (C=O) groups is 2. The molecule has 0 aromatic heterocycles. The lowest BCUT2D eigenvalue weighted by Gasteiger charge is -2.27. The normalized spacial score (nSPS) is 16.4. The number of hydrogen-bond donors (Lipinski definition) is 1. The molecule has 1 saturated heterocycles. The number of anilines is 2. The number of halogens is 1. The molecule has 1 atom stereocenters. The Morgan fingerprint density at radius 1 is 0.897 bits per heavy atom. The molecule has 0 saturated carbocycles. The van der Waals surface area contributed by atoms with E-state index in [0.717, 1.165) is 18.8 Å². The second kappa shape index (κ2) is 11.7. The predicted octanol–water partition coefficient (Wildman–Crippen LogP) is 5.84. The van der Waals surface area contributed by atoms with Crippen LogP contribution in [0.3, 0.4) is 0 Å². The fraction of sp³-hybridized carbons (Fsp3) is 0.267. The number of ketones is 1. The Morgan fingerprint density at radius 2 is 1.51 bits per heavy atom. The van der Waals surface area contributed by atoms with Gasteiger partial charge in [-0.25, -0.2) is 0 Å². The number of aliphatic hydroxyl groups is 1. The first-order chi connectivity index (χ1) is 18.8. The molecule has 0 spiro atoms. The van der Waals surface area contributed by atoms with Gasteiger partial charge in [0.2, 0.25) is 0 Å². The molecule has 4 rings (SSSR count). The molecule has 204 valence electrons. The first kappa shape index (κ1) is 27.9. The standard InChI is InChI=1S/C30H31ClN2O6/c1-6-32(7-2)19-10-8-18(9-11-19)27-26(28(34)22-16-25(39-5)23(31)17-24(22)38-4)29(35)30(36)33(27)20-12-14-21(37-3)15-13-20/h8-17,27,34H,6-7H2,1-5H3/b28-26+. The van der Waals surface area contributed by atoms with E-state index in [2.05, 4.69) is 18.7 Å². The first-order valence-electron chi connectivity index (χ1n) is 12.5. The van der Waals surface area contributed by atoms with Gasteiger partial charge in [0.25, 0.3) is 11.7 Å². The van der Waals surface area contributed by atoms with Crippen molar-refractivity contribution in [1.82, 2.24) is 0 Å². The number of nitrogens with zero attached hydrogens (tertiary/aromatic N) is 2. The number of aliphatic hydroxyl groups excluding tert-OH is 1. The van der Waals surface area contributed by atoms with Crippen LogP contribution in [0, 0.1) is 0 Å². The summed E-state index contributed by atoms with van der Waals surface area (Å²) in [4.78, 5) is 30.6. The quantitative estimate of drug-likeness (QED) is 0.203. The number of Topliss-reactive ketones (excluding diaryl/α,β-unsaturated/α-hetero) is 1. The molecule has 0 bridgehead atoms. The van der Waals surface area contributed by atoms with Gasteiger partial charge in [-0.05, 0) is 61.9 Å². The van der Waals surface area contributed by atoms with E-state index in [9.17, 15) is 14.7 Å². The molecule has 0 aliphatic carbocycles. The van der Waals surface area contributed by atoms with Gasteiger partial charge in [0.15, 0.2) is 0 Å². The van der Waals surface area contributed by atoms with Crippen molar-refractivity contribution in [2.24, 2.45) is 0 Å². The van der Waals surface area contributed by atoms with Crippen LogP contribution in [0.25, 0.3) is 5.76 Å². The molecule has 1 aliphatic heterocycles. The zero-order valence-electron chi connectivity index (χ0n) is 22.5. The van der Waals surface area contributed by atoms with Crippen LogP contribution in [0.5, 0.6) is 17.2 Å². The highest BCUT2D eigenvalue weighted by molar-refractivity contribution is 6.51. The Hall–Kier alpha value is -4.17. The van der Waals surface area contributed by atoms with E-state index in [-0.39, 0.29) is 27.7 Å². The molecular weight excluding hydrogens is 520 g/mol. The molecule has 1 unspecified atom stereocenters. The van der Waals surface area contributed by atoms with Crippen LogP contribution in [-0.2, 0) is 9.59 Å². The third-order valence-electron chi connectivity index (χ3n) is 6.86. The average Bonchev–Trinajstić information content (AvgIpc) is 3.23. The van der Waals surface area contributed by atoms with Gasteiger partial charge in [0.1, 0.15) is 23.0 Å².